The SMILES string of the molecule is Cn1c(-c2cccc(N3CCN(CC4CCN(c5ccc(C(=O)NC6C(C)(C)C(Oc7ccc(C#N)c(Cl)c7)C6(C)C)cc5)CC4)CC3)c2)nn(C2CCC(=O)NC2=O)c1=O. The second kappa shape index (κ2) is 16.7. The minimum atomic E-state index is -0.805. The molecule has 14 nitrogen and oxygen atoms in total. The maximum atomic E-state index is 13.5. The van der Waals surface area contributed by atoms with Gasteiger partial charge in [-0.15, -0.1) is 5.10 Å². The minimum absolute atomic E-state index is 0.102. The number of rotatable bonds is 10. The number of carbonyl (C=O) groups is 3. The quantitative estimate of drug-likeness (QED) is 0.198. The first-order valence-corrected chi connectivity index (χ1v) is 21.6. The molecule has 61 heavy (non-hydrogen) atoms. The van der Waals surface area contributed by atoms with Gasteiger partial charge in [0, 0.05) is 105 Å². The number of nitriles is 1. The van der Waals surface area contributed by atoms with Gasteiger partial charge in [-0.05, 0) is 73.7 Å². The predicted molar refractivity (Wildman–Crippen MR) is 234 cm³/mol. The summed E-state index contributed by atoms with van der Waals surface area (Å²) in [5.74, 6) is 0.772. The van der Waals surface area contributed by atoms with Crippen molar-refractivity contribution in [2.75, 3.05) is 55.6 Å². The van der Waals surface area contributed by atoms with Crippen LogP contribution in [-0.2, 0) is 16.6 Å². The molecule has 2 N–H and O–H groups in total. The van der Waals surface area contributed by atoms with Crippen molar-refractivity contribution in [1.29, 1.82) is 5.26 Å². The number of piperazine rings is 1. The van der Waals surface area contributed by atoms with E-state index in [0.717, 1.165) is 75.6 Å². The Labute approximate surface area is 361 Å². The number of piperidine rings is 2. The highest BCUT2D eigenvalue weighted by molar-refractivity contribution is 6.31. The van der Waals surface area contributed by atoms with Crippen molar-refractivity contribution in [3.63, 3.8) is 0 Å². The predicted octanol–water partition coefficient (Wildman–Crippen LogP) is 5.40. The van der Waals surface area contributed by atoms with Gasteiger partial charge in [0.05, 0.1) is 10.6 Å². The van der Waals surface area contributed by atoms with E-state index in [1.54, 1.807) is 25.2 Å². The van der Waals surface area contributed by atoms with Crippen LogP contribution in [0.25, 0.3) is 11.4 Å². The Morgan fingerprint density at radius 2 is 1.59 bits per heavy atom. The number of amides is 3. The van der Waals surface area contributed by atoms with Gasteiger partial charge >= 0.3 is 5.69 Å². The Kier molecular flexibility index (Phi) is 11.5. The molecule has 15 heteroatoms. The van der Waals surface area contributed by atoms with Gasteiger partial charge in [0.2, 0.25) is 5.91 Å². The monoisotopic (exact) mass is 847 g/mol. The van der Waals surface area contributed by atoms with Crippen LogP contribution in [0.5, 0.6) is 5.75 Å². The molecular weight excluding hydrogens is 794 g/mol. The van der Waals surface area contributed by atoms with Gasteiger partial charge in [0.15, 0.2) is 5.82 Å². The van der Waals surface area contributed by atoms with Crippen molar-refractivity contribution in [2.45, 2.75) is 71.6 Å². The molecule has 4 fully saturated rings. The summed E-state index contributed by atoms with van der Waals surface area (Å²) in [4.78, 5) is 58.1. The number of hydrogen-bond donors (Lipinski definition) is 2. The first-order valence-electron chi connectivity index (χ1n) is 21.2. The molecule has 320 valence electrons. The molecule has 3 amide bonds. The highest BCUT2D eigenvalue weighted by Gasteiger charge is 2.64. The first kappa shape index (κ1) is 42.1. The molecule has 1 atom stereocenters. The van der Waals surface area contributed by atoms with Crippen LogP contribution in [0.3, 0.4) is 0 Å². The van der Waals surface area contributed by atoms with Crippen LogP contribution in [0.2, 0.25) is 5.02 Å². The van der Waals surface area contributed by atoms with E-state index in [2.05, 4.69) is 88.5 Å². The minimum Gasteiger partial charge on any atom is -0.489 e. The smallest absolute Gasteiger partial charge is 0.346 e. The lowest BCUT2D eigenvalue weighted by Crippen LogP contribution is -2.74. The molecule has 1 saturated carbocycles. The van der Waals surface area contributed by atoms with Crippen molar-refractivity contribution >= 4 is 40.7 Å². The molecule has 0 bridgehead atoms. The number of carbonyl (C=O) groups excluding carboxylic acids is 3. The van der Waals surface area contributed by atoms with Gasteiger partial charge in [-0.2, -0.15) is 5.26 Å². The van der Waals surface area contributed by atoms with Crippen LogP contribution in [0.1, 0.15) is 75.3 Å². The van der Waals surface area contributed by atoms with E-state index >= 15 is 0 Å². The summed E-state index contributed by atoms with van der Waals surface area (Å²) >= 11 is 6.26. The second-order valence-electron chi connectivity index (χ2n) is 18.2. The third-order valence-electron chi connectivity index (χ3n) is 13.4. The third-order valence-corrected chi connectivity index (χ3v) is 13.7. The maximum absolute atomic E-state index is 13.5. The average molecular weight is 848 g/mol. The largest absolute Gasteiger partial charge is 0.489 e. The van der Waals surface area contributed by atoms with Crippen LogP contribution in [-0.4, -0.2) is 94.9 Å². The summed E-state index contributed by atoms with van der Waals surface area (Å²) in [5, 5.41) is 19.8. The molecular formula is C46H54ClN9O5. The molecule has 0 radical (unpaired) electrons. The van der Waals surface area contributed by atoms with E-state index in [0.29, 0.717) is 33.6 Å². The topological polar surface area (TPSA) is 158 Å². The van der Waals surface area contributed by atoms with Crippen molar-refractivity contribution in [2.24, 2.45) is 23.8 Å². The van der Waals surface area contributed by atoms with Crippen LogP contribution < -0.4 is 30.9 Å². The van der Waals surface area contributed by atoms with Crippen molar-refractivity contribution < 1.29 is 19.1 Å². The average Bonchev–Trinajstić information content (AvgIpc) is 3.55. The van der Waals surface area contributed by atoms with Gasteiger partial charge < -0.3 is 19.9 Å². The van der Waals surface area contributed by atoms with Gasteiger partial charge in [-0.3, -0.25) is 29.2 Å². The molecule has 1 unspecified atom stereocenters. The number of anilines is 2. The molecule has 4 aliphatic rings. The second-order valence-corrected chi connectivity index (χ2v) is 18.6. The van der Waals surface area contributed by atoms with Crippen molar-refractivity contribution in [1.82, 2.24) is 29.9 Å². The van der Waals surface area contributed by atoms with E-state index in [4.69, 9.17) is 16.3 Å². The Morgan fingerprint density at radius 3 is 2.25 bits per heavy atom. The lowest BCUT2D eigenvalue weighted by molar-refractivity contribution is -0.164. The number of ether oxygens (including phenoxy) is 1. The Bertz CT molecular complexity index is 2400. The lowest BCUT2D eigenvalue weighted by atomic mass is 9.49. The van der Waals surface area contributed by atoms with E-state index in [1.165, 1.54) is 9.25 Å². The first-order chi connectivity index (χ1) is 29.1. The summed E-state index contributed by atoms with van der Waals surface area (Å²) in [6.45, 7) is 15.1. The van der Waals surface area contributed by atoms with E-state index < -0.39 is 11.9 Å². The van der Waals surface area contributed by atoms with Crippen LogP contribution in [0.15, 0.2) is 71.5 Å². The normalized spacial score (nSPS) is 22.9. The number of imide groups is 1. The van der Waals surface area contributed by atoms with Gasteiger partial charge in [-0.1, -0.05) is 51.4 Å². The fraction of sp³-hybridized carbons (Fsp3) is 0.478. The van der Waals surface area contributed by atoms with E-state index in [-0.39, 0.29) is 53.3 Å². The number of aromatic nitrogens is 3. The fourth-order valence-corrected chi connectivity index (χ4v) is 10.4. The Balaban J connectivity index is 0.797. The molecule has 3 aromatic carbocycles. The standard InChI is InChI=1S/C46H54ClN9O5/c1-45(2)42(46(3,4)43(45)61-35-14-11-32(27-48)36(47)26-35)50-40(58)30-9-12-33(13-10-30)54-19-17-29(18-20-54)28-53-21-23-55(24-22-53)34-8-6-7-31(25-34)39-51-56(44(60)52(39)5)37-15-16-38(57)49-41(37)59/h6-14,25-26,29,37,42-43H,15-24,28H2,1-5H3,(H,50,58)(H,49,57,59). The maximum Gasteiger partial charge on any atom is 0.346 e. The molecule has 1 aromatic heterocycles. The Hall–Kier alpha value is -5.65. The third kappa shape index (κ3) is 8.25. The molecule has 4 heterocycles. The molecule has 1 aliphatic carbocycles. The van der Waals surface area contributed by atoms with Gasteiger partial charge in [-0.25, -0.2) is 9.48 Å². The highest BCUT2D eigenvalue weighted by atomic mass is 35.5. The summed E-state index contributed by atoms with van der Waals surface area (Å²) in [5.41, 5.74) is 2.95. The van der Waals surface area contributed by atoms with Gasteiger partial charge in [0.25, 0.3) is 11.8 Å². The van der Waals surface area contributed by atoms with E-state index in [9.17, 15) is 24.4 Å². The number of nitrogens with one attached hydrogen (secondary N) is 2. The summed E-state index contributed by atoms with van der Waals surface area (Å²) in [6, 6.07) is 22.3. The fourth-order valence-electron chi connectivity index (χ4n) is 10.2. The zero-order chi connectivity index (χ0) is 43.2. The molecule has 3 aliphatic heterocycles. The molecule has 4 aromatic rings. The number of halogens is 1. The Morgan fingerprint density at radius 1 is 0.902 bits per heavy atom. The summed E-state index contributed by atoms with van der Waals surface area (Å²) in [7, 11) is 1.66. The zero-order valence-corrected chi connectivity index (χ0v) is 36.2. The zero-order valence-electron chi connectivity index (χ0n) is 35.5. The number of hydrogen-bond acceptors (Lipinski definition) is 10. The number of nitrogens with zero attached hydrogens (tertiary/aromatic N) is 7. The van der Waals surface area contributed by atoms with Crippen LogP contribution in [0.4, 0.5) is 11.4 Å². The lowest BCUT2D eigenvalue weighted by Gasteiger charge is -2.63. The van der Waals surface area contributed by atoms with Crippen LogP contribution >= 0.6 is 11.6 Å². The van der Waals surface area contributed by atoms with Gasteiger partial charge in [0.1, 0.15) is 24.0 Å². The summed E-state index contributed by atoms with van der Waals surface area (Å²) in [6.07, 6.45) is 2.47. The number of benzene rings is 3. The van der Waals surface area contributed by atoms with Crippen molar-refractivity contribution in [3.8, 4) is 23.2 Å². The van der Waals surface area contributed by atoms with E-state index in [1.807, 2.05) is 24.3 Å². The molecule has 0 spiro atoms. The summed E-state index contributed by atoms with van der Waals surface area (Å²) < 4.78 is 9.06. The van der Waals surface area contributed by atoms with Crippen molar-refractivity contribution in [3.05, 3.63) is 93.4 Å². The van der Waals surface area contributed by atoms with Crippen LogP contribution in [0, 0.1) is 28.1 Å². The molecule has 8 rings (SSSR count). The molecule has 3 saturated heterocycles. The highest BCUT2D eigenvalue weighted by Crippen LogP contribution is 2.55.